The highest BCUT2D eigenvalue weighted by molar-refractivity contribution is 5.99. The summed E-state index contributed by atoms with van der Waals surface area (Å²) in [6.45, 7) is 4.78. The van der Waals surface area contributed by atoms with Crippen LogP contribution >= 0.6 is 0 Å². The van der Waals surface area contributed by atoms with Gasteiger partial charge >= 0.3 is 0 Å². The quantitative estimate of drug-likeness (QED) is 0.618. The number of rotatable bonds is 6. The summed E-state index contributed by atoms with van der Waals surface area (Å²) in [5.41, 5.74) is 0.276. The Bertz CT molecular complexity index is 1090. The molecule has 1 aliphatic rings. The molecule has 4 rings (SSSR count). The van der Waals surface area contributed by atoms with Crippen LogP contribution in [0.3, 0.4) is 0 Å². The van der Waals surface area contributed by atoms with E-state index < -0.39 is 17.3 Å². The first-order valence-electron chi connectivity index (χ1n) is 10.2. The van der Waals surface area contributed by atoms with Crippen LogP contribution in [0.2, 0.25) is 0 Å². The number of amides is 1. The number of hydrogen-bond donors (Lipinski definition) is 2. The molecule has 0 saturated carbocycles. The topological polar surface area (TPSA) is 95.4 Å². The molecule has 1 aromatic carbocycles. The second-order valence-corrected chi connectivity index (χ2v) is 7.52. The first-order valence-corrected chi connectivity index (χ1v) is 10.2. The van der Waals surface area contributed by atoms with Crippen LogP contribution in [0.25, 0.3) is 16.6 Å². The van der Waals surface area contributed by atoms with Crippen LogP contribution in [-0.4, -0.2) is 56.3 Å². The van der Waals surface area contributed by atoms with E-state index in [0.29, 0.717) is 23.6 Å². The second kappa shape index (κ2) is 8.28. The lowest BCUT2D eigenvalue weighted by atomic mass is 10.00. The van der Waals surface area contributed by atoms with Crippen LogP contribution in [0, 0.1) is 5.82 Å². The number of hydrogen-bond acceptors (Lipinski definition) is 5. The molecule has 29 heavy (non-hydrogen) atoms. The van der Waals surface area contributed by atoms with Gasteiger partial charge in [-0.1, -0.05) is 18.6 Å². The summed E-state index contributed by atoms with van der Waals surface area (Å²) in [5, 5.41) is 10.7. The lowest BCUT2D eigenvalue weighted by molar-refractivity contribution is 0.0944. The predicted octanol–water partition coefficient (Wildman–Crippen LogP) is 2.09. The third kappa shape index (κ3) is 3.87. The van der Waals surface area contributed by atoms with Gasteiger partial charge in [-0.25, -0.2) is 8.91 Å². The van der Waals surface area contributed by atoms with E-state index in [9.17, 15) is 14.0 Å². The van der Waals surface area contributed by atoms with Crippen LogP contribution in [0.5, 0.6) is 0 Å². The molecule has 8 nitrogen and oxygen atoms in total. The lowest BCUT2D eigenvalue weighted by Gasteiger charge is -2.35. The van der Waals surface area contributed by atoms with Gasteiger partial charge in [0.25, 0.3) is 11.5 Å². The van der Waals surface area contributed by atoms with Gasteiger partial charge in [-0.15, -0.1) is 5.10 Å². The fourth-order valence-electron chi connectivity index (χ4n) is 4.17. The Labute approximate surface area is 167 Å². The van der Waals surface area contributed by atoms with Gasteiger partial charge in [0.05, 0.1) is 11.0 Å². The molecule has 1 saturated heterocycles. The van der Waals surface area contributed by atoms with Crippen LogP contribution in [0.1, 0.15) is 49.5 Å². The Kier molecular flexibility index (Phi) is 5.57. The van der Waals surface area contributed by atoms with Crippen molar-refractivity contribution >= 4 is 22.5 Å². The minimum atomic E-state index is -0.530. The highest BCUT2D eigenvalue weighted by atomic mass is 19.1. The van der Waals surface area contributed by atoms with Gasteiger partial charge in [-0.2, -0.15) is 0 Å². The van der Waals surface area contributed by atoms with E-state index in [1.165, 1.54) is 42.0 Å². The average molecular weight is 400 g/mol. The summed E-state index contributed by atoms with van der Waals surface area (Å²) in [5.74, 6) is -0.901. The third-order valence-corrected chi connectivity index (χ3v) is 5.66. The zero-order valence-electron chi connectivity index (χ0n) is 16.4. The molecule has 2 aromatic heterocycles. The first kappa shape index (κ1) is 19.5. The number of nitrogens with zero attached hydrogens (tertiary/aromatic N) is 4. The van der Waals surface area contributed by atoms with E-state index >= 15 is 0 Å². The largest absolute Gasteiger partial charge is 0.351 e. The maximum Gasteiger partial charge on any atom is 0.277 e. The normalized spacial score (nSPS) is 17.8. The van der Waals surface area contributed by atoms with E-state index in [1.807, 2.05) is 0 Å². The molecule has 0 aliphatic carbocycles. The van der Waals surface area contributed by atoms with Crippen LogP contribution in [0.4, 0.5) is 4.39 Å². The number of aromatic amines is 1. The predicted molar refractivity (Wildman–Crippen MR) is 108 cm³/mol. The molecule has 1 fully saturated rings. The summed E-state index contributed by atoms with van der Waals surface area (Å²) < 4.78 is 14.7. The molecule has 0 spiro atoms. The molecule has 1 amide bonds. The number of carbonyl (C=O) groups excluding carboxylic acids is 1. The number of piperidine rings is 1. The number of likely N-dealkylation sites (tertiary alicyclic amines) is 1. The van der Waals surface area contributed by atoms with E-state index in [4.69, 9.17) is 0 Å². The number of carbonyl (C=O) groups is 1. The van der Waals surface area contributed by atoms with Crippen molar-refractivity contribution in [2.45, 2.75) is 45.1 Å². The standard InChI is InChI=1S/C20H25FN6O2/c1-2-14-6-3-4-10-26(14)11-5-9-22-19(28)17-18-20(29)23-15-12-13(21)7-8-16(15)27(18)25-24-17/h7-8,12,14H,2-6,9-11H2,1H3,(H,22,28)(H,23,29)/t14-/m0/s1. The van der Waals surface area contributed by atoms with Gasteiger partial charge in [0.2, 0.25) is 0 Å². The highest BCUT2D eigenvalue weighted by Gasteiger charge is 2.21. The SMILES string of the molecule is CC[C@H]1CCCCN1CCCNC(=O)c1nnn2c1c(=O)[nH]c1cc(F)ccc12. The molecular weight excluding hydrogens is 375 g/mol. The smallest absolute Gasteiger partial charge is 0.277 e. The molecule has 154 valence electrons. The molecule has 1 atom stereocenters. The number of benzene rings is 1. The summed E-state index contributed by atoms with van der Waals surface area (Å²) in [6.07, 6.45) is 5.76. The summed E-state index contributed by atoms with van der Waals surface area (Å²) in [6, 6.07) is 4.61. The van der Waals surface area contributed by atoms with Crippen molar-refractivity contribution < 1.29 is 9.18 Å². The lowest BCUT2D eigenvalue weighted by Crippen LogP contribution is -2.40. The summed E-state index contributed by atoms with van der Waals surface area (Å²) in [4.78, 5) is 30.1. The Balaban J connectivity index is 1.45. The van der Waals surface area contributed by atoms with E-state index in [0.717, 1.165) is 25.9 Å². The summed E-state index contributed by atoms with van der Waals surface area (Å²) in [7, 11) is 0. The van der Waals surface area contributed by atoms with Crippen LogP contribution in [-0.2, 0) is 0 Å². The van der Waals surface area contributed by atoms with Gasteiger partial charge < -0.3 is 15.2 Å². The minimum Gasteiger partial charge on any atom is -0.351 e. The Morgan fingerprint density at radius 3 is 3.07 bits per heavy atom. The van der Waals surface area contributed by atoms with Crippen LogP contribution in [0.15, 0.2) is 23.0 Å². The molecule has 2 N–H and O–H groups in total. The van der Waals surface area contributed by atoms with Crippen molar-refractivity contribution in [3.05, 3.63) is 40.1 Å². The van der Waals surface area contributed by atoms with Gasteiger partial charge in [0.15, 0.2) is 11.2 Å². The molecule has 3 aromatic rings. The average Bonchev–Trinajstić information content (AvgIpc) is 3.17. The zero-order valence-corrected chi connectivity index (χ0v) is 16.4. The van der Waals surface area contributed by atoms with Crippen molar-refractivity contribution in [3.63, 3.8) is 0 Å². The van der Waals surface area contributed by atoms with E-state index in [1.54, 1.807) is 0 Å². The van der Waals surface area contributed by atoms with Crippen molar-refractivity contribution in [2.75, 3.05) is 19.6 Å². The number of aromatic nitrogens is 4. The highest BCUT2D eigenvalue weighted by Crippen LogP contribution is 2.19. The van der Waals surface area contributed by atoms with Crippen molar-refractivity contribution in [2.24, 2.45) is 0 Å². The molecular formula is C20H25FN6O2. The molecule has 1 aliphatic heterocycles. The van der Waals surface area contributed by atoms with Crippen molar-refractivity contribution in [3.8, 4) is 0 Å². The number of fused-ring (bicyclic) bond motifs is 3. The Morgan fingerprint density at radius 1 is 1.38 bits per heavy atom. The van der Waals surface area contributed by atoms with Gasteiger partial charge in [0.1, 0.15) is 5.82 Å². The third-order valence-electron chi connectivity index (χ3n) is 5.66. The van der Waals surface area contributed by atoms with Gasteiger partial charge in [-0.3, -0.25) is 9.59 Å². The molecule has 0 bridgehead atoms. The van der Waals surface area contributed by atoms with E-state index in [2.05, 4.69) is 32.4 Å². The number of halogens is 1. The Morgan fingerprint density at radius 2 is 2.24 bits per heavy atom. The monoisotopic (exact) mass is 400 g/mol. The number of nitrogens with one attached hydrogen (secondary N) is 2. The molecule has 0 radical (unpaired) electrons. The fraction of sp³-hybridized carbons (Fsp3) is 0.500. The molecule has 3 heterocycles. The van der Waals surface area contributed by atoms with E-state index in [-0.39, 0.29) is 11.2 Å². The van der Waals surface area contributed by atoms with Crippen LogP contribution < -0.4 is 10.9 Å². The zero-order chi connectivity index (χ0) is 20.4. The van der Waals surface area contributed by atoms with Gasteiger partial charge in [0, 0.05) is 19.1 Å². The first-order chi connectivity index (χ1) is 14.1. The Hall–Kier alpha value is -2.81. The summed E-state index contributed by atoms with van der Waals surface area (Å²) >= 11 is 0. The fourth-order valence-corrected chi connectivity index (χ4v) is 4.17. The van der Waals surface area contributed by atoms with Gasteiger partial charge in [-0.05, 0) is 50.4 Å². The van der Waals surface area contributed by atoms with Crippen molar-refractivity contribution in [1.82, 2.24) is 30.0 Å². The molecule has 0 unspecified atom stereocenters. The minimum absolute atomic E-state index is 0.0260. The number of H-pyrrole nitrogens is 1. The second-order valence-electron chi connectivity index (χ2n) is 7.52. The maximum absolute atomic E-state index is 13.4. The van der Waals surface area contributed by atoms with Crippen molar-refractivity contribution in [1.29, 1.82) is 0 Å². The maximum atomic E-state index is 13.4. The molecule has 9 heteroatoms.